The van der Waals surface area contributed by atoms with E-state index >= 15 is 0 Å². The number of aryl methyl sites for hydroxylation is 2. The highest BCUT2D eigenvalue weighted by Gasteiger charge is 2.37. The van der Waals surface area contributed by atoms with Gasteiger partial charge in [0, 0.05) is 11.0 Å². The first kappa shape index (κ1) is 12.6. The number of carbonyl (C=O) groups is 1. The van der Waals surface area contributed by atoms with Crippen LogP contribution in [0.15, 0.2) is 12.1 Å². The third-order valence-corrected chi connectivity index (χ3v) is 4.40. The van der Waals surface area contributed by atoms with Crippen molar-refractivity contribution >= 4 is 17.4 Å². The zero-order valence-corrected chi connectivity index (χ0v) is 11.5. The van der Waals surface area contributed by atoms with Crippen LogP contribution in [0.4, 0.5) is 0 Å². The van der Waals surface area contributed by atoms with Gasteiger partial charge >= 0.3 is 0 Å². The molecular formula is C15H19ClO. The van der Waals surface area contributed by atoms with Crippen molar-refractivity contribution in [2.24, 2.45) is 5.41 Å². The Labute approximate surface area is 108 Å². The SMILES string of the molecule is Cc1cc(Cl)c(C(=O)C2(C)CCCC2)cc1C. The molecule has 0 heterocycles. The minimum absolute atomic E-state index is 0.189. The predicted octanol–water partition coefficient (Wildman–Crippen LogP) is 4.72. The summed E-state index contributed by atoms with van der Waals surface area (Å²) < 4.78 is 0. The zero-order valence-electron chi connectivity index (χ0n) is 10.8. The Bertz CT molecular complexity index is 456. The maximum absolute atomic E-state index is 12.6. The van der Waals surface area contributed by atoms with Gasteiger partial charge in [-0.15, -0.1) is 0 Å². The molecule has 0 unspecified atom stereocenters. The van der Waals surface area contributed by atoms with Gasteiger partial charge in [-0.2, -0.15) is 0 Å². The van der Waals surface area contributed by atoms with E-state index in [0.717, 1.165) is 36.8 Å². The molecule has 1 fully saturated rings. The molecule has 0 bridgehead atoms. The zero-order chi connectivity index (χ0) is 12.6. The molecule has 92 valence electrons. The first-order valence-electron chi connectivity index (χ1n) is 6.25. The van der Waals surface area contributed by atoms with Gasteiger partial charge in [0.25, 0.3) is 0 Å². The first-order valence-corrected chi connectivity index (χ1v) is 6.63. The number of carbonyl (C=O) groups excluding carboxylic acids is 1. The molecule has 0 aromatic heterocycles. The van der Waals surface area contributed by atoms with Crippen LogP contribution in [0.3, 0.4) is 0 Å². The van der Waals surface area contributed by atoms with Crippen LogP contribution >= 0.6 is 11.6 Å². The van der Waals surface area contributed by atoms with E-state index < -0.39 is 0 Å². The molecular weight excluding hydrogens is 232 g/mol. The lowest BCUT2D eigenvalue weighted by atomic mass is 9.80. The fourth-order valence-corrected chi connectivity index (χ4v) is 2.97. The summed E-state index contributed by atoms with van der Waals surface area (Å²) in [6, 6.07) is 3.85. The number of ketones is 1. The molecule has 0 atom stereocenters. The molecule has 0 spiro atoms. The van der Waals surface area contributed by atoms with Crippen molar-refractivity contribution in [2.75, 3.05) is 0 Å². The van der Waals surface area contributed by atoms with Gasteiger partial charge in [-0.1, -0.05) is 31.4 Å². The van der Waals surface area contributed by atoms with Gasteiger partial charge in [0.2, 0.25) is 0 Å². The van der Waals surface area contributed by atoms with Crippen LogP contribution in [0.5, 0.6) is 0 Å². The molecule has 1 aromatic carbocycles. The second kappa shape index (κ2) is 4.45. The number of benzene rings is 1. The standard InChI is InChI=1S/C15H19ClO/c1-10-8-12(13(16)9-11(10)2)14(17)15(3)6-4-5-7-15/h8-9H,4-7H2,1-3H3. The van der Waals surface area contributed by atoms with E-state index in [1.165, 1.54) is 0 Å². The van der Waals surface area contributed by atoms with Crippen LogP contribution in [-0.2, 0) is 0 Å². The molecule has 2 rings (SSSR count). The Morgan fingerprint density at radius 2 is 1.71 bits per heavy atom. The normalized spacial score (nSPS) is 18.4. The van der Waals surface area contributed by atoms with Crippen LogP contribution in [0.1, 0.15) is 54.1 Å². The summed E-state index contributed by atoms with van der Waals surface area (Å²) in [6.07, 6.45) is 4.31. The van der Waals surface area contributed by atoms with Crippen molar-refractivity contribution in [3.8, 4) is 0 Å². The Morgan fingerprint density at radius 3 is 2.29 bits per heavy atom. The fraction of sp³-hybridized carbons (Fsp3) is 0.533. The molecule has 1 aliphatic carbocycles. The molecule has 1 saturated carbocycles. The van der Waals surface area contributed by atoms with Crippen molar-refractivity contribution in [1.82, 2.24) is 0 Å². The summed E-state index contributed by atoms with van der Waals surface area (Å²) in [7, 11) is 0. The number of Topliss-reactive ketones (excluding diaryl/α,β-unsaturated/α-hetero) is 1. The minimum Gasteiger partial charge on any atom is -0.294 e. The Morgan fingerprint density at radius 1 is 1.18 bits per heavy atom. The molecule has 17 heavy (non-hydrogen) atoms. The summed E-state index contributed by atoms with van der Waals surface area (Å²) in [5.74, 6) is 0.225. The molecule has 1 aliphatic rings. The molecule has 0 N–H and O–H groups in total. The fourth-order valence-electron chi connectivity index (χ4n) is 2.66. The van der Waals surface area contributed by atoms with E-state index in [0.29, 0.717) is 10.6 Å². The third kappa shape index (κ3) is 2.26. The summed E-state index contributed by atoms with van der Waals surface area (Å²) >= 11 is 6.22. The van der Waals surface area contributed by atoms with E-state index in [-0.39, 0.29) is 11.2 Å². The van der Waals surface area contributed by atoms with Crippen LogP contribution in [0.2, 0.25) is 5.02 Å². The molecule has 1 aromatic rings. The van der Waals surface area contributed by atoms with E-state index in [9.17, 15) is 4.79 Å². The van der Waals surface area contributed by atoms with Crippen molar-refractivity contribution in [2.45, 2.75) is 46.5 Å². The molecule has 0 saturated heterocycles. The summed E-state index contributed by atoms with van der Waals surface area (Å²) in [5, 5.41) is 0.603. The van der Waals surface area contributed by atoms with E-state index in [4.69, 9.17) is 11.6 Å². The lowest BCUT2D eigenvalue weighted by molar-refractivity contribution is 0.0823. The quantitative estimate of drug-likeness (QED) is 0.694. The summed E-state index contributed by atoms with van der Waals surface area (Å²) in [6.45, 7) is 6.13. The van der Waals surface area contributed by atoms with Gasteiger partial charge in [-0.25, -0.2) is 0 Å². The van der Waals surface area contributed by atoms with Crippen molar-refractivity contribution < 1.29 is 4.79 Å². The predicted molar refractivity (Wildman–Crippen MR) is 71.8 cm³/mol. The summed E-state index contributed by atoms with van der Waals surface area (Å²) in [4.78, 5) is 12.6. The highest BCUT2D eigenvalue weighted by atomic mass is 35.5. The van der Waals surface area contributed by atoms with Gasteiger partial charge in [-0.3, -0.25) is 4.79 Å². The van der Waals surface area contributed by atoms with Gasteiger partial charge < -0.3 is 0 Å². The molecule has 1 nitrogen and oxygen atoms in total. The van der Waals surface area contributed by atoms with Crippen molar-refractivity contribution in [3.05, 3.63) is 33.8 Å². The molecule has 0 amide bonds. The highest BCUT2D eigenvalue weighted by molar-refractivity contribution is 6.34. The Balaban J connectivity index is 2.40. The van der Waals surface area contributed by atoms with Crippen LogP contribution in [0, 0.1) is 19.3 Å². The maximum atomic E-state index is 12.6. The highest BCUT2D eigenvalue weighted by Crippen LogP contribution is 2.41. The van der Waals surface area contributed by atoms with E-state index in [1.54, 1.807) is 0 Å². The first-order chi connectivity index (χ1) is 7.94. The number of hydrogen-bond acceptors (Lipinski definition) is 1. The van der Waals surface area contributed by atoms with Gasteiger partial charge in [0.1, 0.15) is 0 Å². The third-order valence-electron chi connectivity index (χ3n) is 4.08. The number of halogens is 1. The minimum atomic E-state index is -0.189. The lowest BCUT2D eigenvalue weighted by Gasteiger charge is -2.22. The molecule has 0 aliphatic heterocycles. The van der Waals surface area contributed by atoms with Crippen LogP contribution in [-0.4, -0.2) is 5.78 Å². The van der Waals surface area contributed by atoms with Crippen LogP contribution < -0.4 is 0 Å². The number of rotatable bonds is 2. The Kier molecular flexibility index (Phi) is 3.31. The average Bonchev–Trinajstić information content (AvgIpc) is 2.71. The molecule has 0 radical (unpaired) electrons. The van der Waals surface area contributed by atoms with Gasteiger partial charge in [-0.05, 0) is 49.9 Å². The van der Waals surface area contributed by atoms with E-state index in [2.05, 4.69) is 6.92 Å². The average molecular weight is 251 g/mol. The van der Waals surface area contributed by atoms with Gasteiger partial charge in [0.15, 0.2) is 5.78 Å². The van der Waals surface area contributed by atoms with Crippen LogP contribution in [0.25, 0.3) is 0 Å². The second-order valence-electron chi connectivity index (χ2n) is 5.51. The van der Waals surface area contributed by atoms with Crippen molar-refractivity contribution in [1.29, 1.82) is 0 Å². The summed E-state index contributed by atoms with van der Waals surface area (Å²) in [5.41, 5.74) is 2.80. The Hall–Kier alpha value is -0.820. The largest absolute Gasteiger partial charge is 0.294 e. The van der Waals surface area contributed by atoms with Gasteiger partial charge in [0.05, 0.1) is 5.02 Å². The molecule has 2 heteroatoms. The topological polar surface area (TPSA) is 17.1 Å². The smallest absolute Gasteiger partial charge is 0.170 e. The lowest BCUT2D eigenvalue weighted by Crippen LogP contribution is -2.24. The monoisotopic (exact) mass is 250 g/mol. The maximum Gasteiger partial charge on any atom is 0.170 e. The number of hydrogen-bond donors (Lipinski definition) is 0. The second-order valence-corrected chi connectivity index (χ2v) is 5.92. The van der Waals surface area contributed by atoms with E-state index in [1.807, 2.05) is 26.0 Å². The van der Waals surface area contributed by atoms with Crippen molar-refractivity contribution in [3.63, 3.8) is 0 Å².